The summed E-state index contributed by atoms with van der Waals surface area (Å²) in [4.78, 5) is 40.3. The average molecular weight is 813 g/mol. The Morgan fingerprint density at radius 1 is 1.02 bits per heavy atom. The van der Waals surface area contributed by atoms with Gasteiger partial charge in [0.25, 0.3) is 5.91 Å². The lowest BCUT2D eigenvalue weighted by atomic mass is 9.87. The van der Waals surface area contributed by atoms with Crippen LogP contribution in [0.2, 0.25) is 0 Å². The van der Waals surface area contributed by atoms with Crippen LogP contribution in [-0.2, 0) is 17.4 Å². The molecule has 0 aromatic heterocycles. The first-order valence-corrected chi connectivity index (χ1v) is 16.4. The van der Waals surface area contributed by atoms with E-state index in [2.05, 4.69) is 5.32 Å². The highest BCUT2D eigenvalue weighted by molar-refractivity contribution is 14.1. The van der Waals surface area contributed by atoms with Crippen molar-refractivity contribution in [3.8, 4) is 23.0 Å². The van der Waals surface area contributed by atoms with E-state index in [1.165, 1.54) is 38.4 Å². The number of benzene rings is 3. The van der Waals surface area contributed by atoms with Crippen molar-refractivity contribution in [1.29, 1.82) is 0 Å². The summed E-state index contributed by atoms with van der Waals surface area (Å²) in [5, 5.41) is 23.8. The lowest BCUT2D eigenvalue weighted by molar-refractivity contribution is -0.137. The average Bonchev–Trinajstić information content (AvgIpc) is 3.11. The van der Waals surface area contributed by atoms with Crippen LogP contribution in [0.5, 0.6) is 23.0 Å². The van der Waals surface area contributed by atoms with Crippen molar-refractivity contribution >= 4 is 40.7 Å². The number of carbonyl (C=O) groups excluding carboxylic acids is 3. The molecule has 0 aliphatic heterocycles. The maximum Gasteiger partial charge on any atom is 0.416 e. The minimum absolute atomic E-state index is 0.0712. The Bertz CT molecular complexity index is 1720. The molecular weight excluding hydrogens is 776 g/mol. The Labute approximate surface area is 300 Å². The molecule has 0 saturated carbocycles. The van der Waals surface area contributed by atoms with Gasteiger partial charge in [-0.1, -0.05) is 0 Å². The molecule has 11 nitrogen and oxygen atoms in total. The highest BCUT2D eigenvalue weighted by atomic mass is 127. The van der Waals surface area contributed by atoms with Crippen molar-refractivity contribution in [2.45, 2.75) is 37.3 Å². The van der Waals surface area contributed by atoms with E-state index in [4.69, 9.17) is 18.9 Å². The zero-order valence-electron chi connectivity index (χ0n) is 27.3. The van der Waals surface area contributed by atoms with Crippen LogP contribution in [0.25, 0.3) is 0 Å². The van der Waals surface area contributed by atoms with E-state index in [-0.39, 0.29) is 55.2 Å². The normalized spacial score (nSPS) is 17.3. The number of alkyl halides is 3. The molecule has 0 saturated heterocycles. The first-order valence-electron chi connectivity index (χ1n) is 15.3. The molecule has 0 bridgehead atoms. The molecule has 0 fully saturated rings. The fraction of sp³-hybridized carbons (Fsp3) is 0.343. The second-order valence-electron chi connectivity index (χ2n) is 11.2. The number of aliphatic hydroxyl groups is 2. The van der Waals surface area contributed by atoms with Gasteiger partial charge in [0.15, 0.2) is 11.5 Å². The van der Waals surface area contributed by atoms with Gasteiger partial charge in [0, 0.05) is 36.2 Å². The summed E-state index contributed by atoms with van der Waals surface area (Å²) in [6, 6.07) is 10.6. The molecule has 0 heterocycles. The van der Waals surface area contributed by atoms with Crippen molar-refractivity contribution in [2.24, 2.45) is 0 Å². The minimum Gasteiger partial charge on any atom is -0.497 e. The van der Waals surface area contributed by atoms with Crippen LogP contribution >= 0.6 is 22.6 Å². The van der Waals surface area contributed by atoms with Gasteiger partial charge in [-0.05, 0) is 95.2 Å². The topological polar surface area (TPSA) is 144 Å². The molecule has 3 N–H and O–H groups in total. The number of nitrogens with zero attached hydrogens (tertiary/aromatic N) is 1. The van der Waals surface area contributed by atoms with Crippen molar-refractivity contribution in [1.82, 2.24) is 10.2 Å². The van der Waals surface area contributed by atoms with Gasteiger partial charge in [-0.25, -0.2) is 0 Å². The maximum absolute atomic E-state index is 14.2. The number of rotatable bonds is 14. The molecule has 0 radical (unpaired) electrons. The van der Waals surface area contributed by atoms with Crippen molar-refractivity contribution in [2.75, 3.05) is 41.0 Å². The molecule has 4 rings (SSSR count). The second-order valence-corrected chi connectivity index (χ2v) is 12.3. The van der Waals surface area contributed by atoms with Crippen LogP contribution < -0.4 is 24.3 Å². The number of amides is 2. The monoisotopic (exact) mass is 812 g/mol. The minimum atomic E-state index is -4.63. The first-order chi connectivity index (χ1) is 23.8. The summed E-state index contributed by atoms with van der Waals surface area (Å²) < 4.78 is 63.1. The van der Waals surface area contributed by atoms with Gasteiger partial charge in [0.05, 0.1) is 43.1 Å². The molecule has 2 amide bonds. The SMILES string of the molecule is COc1ccc(OC)c(CCN(C(=O)c2ccc(C(F)(F)F)cc2)[C@@H]2CC(C(=O)NCCO)=C[C@H](Oc3c(I)cc(C=O)cc3OC)[C@H]2O)c1. The van der Waals surface area contributed by atoms with Crippen molar-refractivity contribution < 1.29 is 56.7 Å². The predicted molar refractivity (Wildman–Crippen MR) is 184 cm³/mol. The third-order valence-corrected chi connectivity index (χ3v) is 8.89. The molecular formula is C35H36F3IN2O9. The Hall–Kier alpha value is -4.35. The Balaban J connectivity index is 1.80. The van der Waals surface area contributed by atoms with Crippen LogP contribution in [0.3, 0.4) is 0 Å². The van der Waals surface area contributed by atoms with Gasteiger partial charge in [-0.15, -0.1) is 0 Å². The lowest BCUT2D eigenvalue weighted by Gasteiger charge is -2.41. The fourth-order valence-corrected chi connectivity index (χ4v) is 6.29. The van der Waals surface area contributed by atoms with Gasteiger partial charge >= 0.3 is 6.18 Å². The summed E-state index contributed by atoms with van der Waals surface area (Å²) in [5.74, 6) is 0.0548. The molecule has 0 spiro atoms. The van der Waals surface area contributed by atoms with Crippen molar-refractivity contribution in [3.05, 3.63) is 92.1 Å². The van der Waals surface area contributed by atoms with E-state index < -0.39 is 41.8 Å². The van der Waals surface area contributed by atoms with Gasteiger partial charge in [0.2, 0.25) is 5.91 Å². The third kappa shape index (κ3) is 9.05. The van der Waals surface area contributed by atoms with E-state index in [0.29, 0.717) is 32.5 Å². The van der Waals surface area contributed by atoms with Gasteiger partial charge < -0.3 is 39.4 Å². The number of halogens is 4. The van der Waals surface area contributed by atoms with E-state index >= 15 is 0 Å². The van der Waals surface area contributed by atoms with Crippen LogP contribution in [0, 0.1) is 3.57 Å². The van der Waals surface area contributed by atoms with E-state index in [0.717, 1.165) is 24.3 Å². The smallest absolute Gasteiger partial charge is 0.416 e. The number of carbonyl (C=O) groups is 3. The highest BCUT2D eigenvalue weighted by Gasteiger charge is 2.41. The molecule has 3 atom stereocenters. The number of nitrogens with one attached hydrogen (secondary N) is 1. The fourth-order valence-electron chi connectivity index (χ4n) is 5.54. The van der Waals surface area contributed by atoms with E-state index in [9.17, 15) is 37.8 Å². The van der Waals surface area contributed by atoms with Crippen LogP contribution in [0.15, 0.2) is 66.2 Å². The summed E-state index contributed by atoms with van der Waals surface area (Å²) >= 11 is 1.94. The number of methoxy groups -OCH3 is 3. The number of ether oxygens (including phenoxy) is 4. The van der Waals surface area contributed by atoms with Gasteiger partial charge in [-0.3, -0.25) is 14.4 Å². The quantitative estimate of drug-likeness (QED) is 0.159. The molecule has 15 heteroatoms. The highest BCUT2D eigenvalue weighted by Crippen LogP contribution is 2.37. The van der Waals surface area contributed by atoms with Gasteiger partial charge in [-0.2, -0.15) is 13.2 Å². The van der Waals surface area contributed by atoms with Crippen LogP contribution in [-0.4, -0.2) is 92.5 Å². The molecule has 3 aromatic rings. The third-order valence-electron chi connectivity index (χ3n) is 8.09. The van der Waals surface area contributed by atoms with Gasteiger partial charge in [0.1, 0.15) is 30.0 Å². The Morgan fingerprint density at radius 2 is 1.72 bits per heavy atom. The van der Waals surface area contributed by atoms with Crippen LogP contribution in [0.4, 0.5) is 13.2 Å². The molecule has 268 valence electrons. The molecule has 3 aromatic carbocycles. The zero-order chi connectivity index (χ0) is 36.6. The predicted octanol–water partition coefficient (Wildman–Crippen LogP) is 4.45. The number of hydrogen-bond acceptors (Lipinski definition) is 9. The largest absolute Gasteiger partial charge is 0.497 e. The van der Waals surface area contributed by atoms with E-state index in [1.807, 2.05) is 22.6 Å². The second kappa shape index (κ2) is 17.0. The molecule has 1 aliphatic carbocycles. The zero-order valence-corrected chi connectivity index (χ0v) is 29.5. The summed E-state index contributed by atoms with van der Waals surface area (Å²) in [6.45, 7) is -0.486. The standard InChI is InChI=1S/C35H36F3IN2O9/c1-47-25-8-9-28(48-2)22(16-25)10-12-41(34(46)21-4-6-24(7-5-21)35(36,37)38)27-17-23(33(45)40-11-13-42)18-29(31(27)44)50-32-26(39)14-20(19-43)15-30(32)49-3/h4-9,14-16,18-19,27,29,31,42,44H,10-13,17H2,1-3H3,(H,40,45)/t27-,29+,31+/m1/s1. The number of aldehydes is 1. The number of hydrogen-bond donors (Lipinski definition) is 3. The lowest BCUT2D eigenvalue weighted by Crippen LogP contribution is -2.55. The summed E-state index contributed by atoms with van der Waals surface area (Å²) in [7, 11) is 4.33. The first kappa shape index (κ1) is 38.5. The molecule has 0 unspecified atom stereocenters. The Kier molecular flexibility index (Phi) is 13.1. The molecule has 50 heavy (non-hydrogen) atoms. The molecule has 1 aliphatic rings. The van der Waals surface area contributed by atoms with Crippen LogP contribution in [0.1, 0.15) is 38.3 Å². The summed E-state index contributed by atoms with van der Waals surface area (Å²) in [5.41, 5.74) is 0.0498. The number of aliphatic hydroxyl groups excluding tert-OH is 2. The maximum atomic E-state index is 14.2. The summed E-state index contributed by atoms with van der Waals surface area (Å²) in [6.07, 6.45) is -5.31. The Morgan fingerprint density at radius 3 is 2.32 bits per heavy atom. The van der Waals surface area contributed by atoms with Crippen molar-refractivity contribution in [3.63, 3.8) is 0 Å². The van der Waals surface area contributed by atoms with E-state index in [1.54, 1.807) is 24.3 Å².